The number of amides is 2. The molecule has 6 heteroatoms. The SMILES string of the molecule is Cl.NC1C2CCC(C2)C1C(=O)N1CCC(CC(=O)N2CCCC2)CC1. The van der Waals surface area contributed by atoms with Gasteiger partial charge in [0.25, 0.3) is 0 Å². The van der Waals surface area contributed by atoms with Crippen LogP contribution in [-0.2, 0) is 9.59 Å². The molecule has 2 aliphatic carbocycles. The van der Waals surface area contributed by atoms with E-state index in [4.69, 9.17) is 5.73 Å². The summed E-state index contributed by atoms with van der Waals surface area (Å²) in [6.45, 7) is 3.52. The molecule has 0 aromatic carbocycles. The van der Waals surface area contributed by atoms with Crippen LogP contribution in [0.25, 0.3) is 0 Å². The first-order valence-corrected chi connectivity index (χ1v) is 9.95. The number of nitrogens with zero attached hydrogens (tertiary/aromatic N) is 2. The third-order valence-electron chi connectivity index (χ3n) is 7.11. The molecule has 2 N–H and O–H groups in total. The minimum absolute atomic E-state index is 0. The number of piperidine rings is 1. The Morgan fingerprint density at radius 1 is 0.880 bits per heavy atom. The van der Waals surface area contributed by atoms with Gasteiger partial charge in [-0.2, -0.15) is 0 Å². The van der Waals surface area contributed by atoms with Gasteiger partial charge in [0.2, 0.25) is 11.8 Å². The first-order chi connectivity index (χ1) is 11.6. The fourth-order valence-electron chi connectivity index (χ4n) is 5.61. The van der Waals surface area contributed by atoms with Crippen molar-refractivity contribution < 1.29 is 9.59 Å². The number of likely N-dealkylation sites (tertiary alicyclic amines) is 2. The highest BCUT2D eigenvalue weighted by atomic mass is 35.5. The second-order valence-electron chi connectivity index (χ2n) is 8.50. The van der Waals surface area contributed by atoms with Crippen molar-refractivity contribution in [1.29, 1.82) is 0 Å². The Bertz CT molecular complexity index is 499. The van der Waals surface area contributed by atoms with Gasteiger partial charge in [-0.25, -0.2) is 0 Å². The summed E-state index contributed by atoms with van der Waals surface area (Å²) < 4.78 is 0. The molecule has 2 bridgehead atoms. The third kappa shape index (κ3) is 3.68. The molecule has 2 saturated heterocycles. The van der Waals surface area contributed by atoms with E-state index in [0.29, 0.717) is 36.0 Å². The van der Waals surface area contributed by atoms with Crippen LogP contribution in [0.3, 0.4) is 0 Å². The Kier molecular flexibility index (Phi) is 5.94. The molecule has 4 atom stereocenters. The van der Waals surface area contributed by atoms with E-state index in [1.54, 1.807) is 0 Å². The number of carbonyl (C=O) groups is 2. The van der Waals surface area contributed by atoms with Crippen LogP contribution in [0, 0.1) is 23.7 Å². The molecule has 0 aromatic rings. The van der Waals surface area contributed by atoms with Crippen LogP contribution in [0.4, 0.5) is 0 Å². The van der Waals surface area contributed by atoms with Crippen LogP contribution < -0.4 is 5.73 Å². The van der Waals surface area contributed by atoms with E-state index < -0.39 is 0 Å². The van der Waals surface area contributed by atoms with Crippen LogP contribution in [-0.4, -0.2) is 53.8 Å². The maximum absolute atomic E-state index is 12.9. The van der Waals surface area contributed by atoms with Crippen molar-refractivity contribution in [3.8, 4) is 0 Å². The van der Waals surface area contributed by atoms with Crippen molar-refractivity contribution in [2.45, 2.75) is 57.4 Å². The zero-order valence-electron chi connectivity index (χ0n) is 15.1. The Labute approximate surface area is 157 Å². The van der Waals surface area contributed by atoms with Gasteiger partial charge in [-0.1, -0.05) is 0 Å². The molecular weight excluding hydrogens is 338 g/mol. The predicted molar refractivity (Wildman–Crippen MR) is 99.3 cm³/mol. The molecule has 142 valence electrons. The van der Waals surface area contributed by atoms with Crippen molar-refractivity contribution in [2.75, 3.05) is 26.2 Å². The number of rotatable bonds is 3. The lowest BCUT2D eigenvalue weighted by atomic mass is 9.83. The summed E-state index contributed by atoms with van der Waals surface area (Å²) in [5.41, 5.74) is 6.34. The average Bonchev–Trinajstić information content (AvgIpc) is 3.32. The van der Waals surface area contributed by atoms with E-state index in [-0.39, 0.29) is 24.4 Å². The summed E-state index contributed by atoms with van der Waals surface area (Å²) in [6.07, 6.45) is 8.51. The first-order valence-electron chi connectivity index (χ1n) is 9.95. The summed E-state index contributed by atoms with van der Waals surface area (Å²) in [5, 5.41) is 0. The van der Waals surface area contributed by atoms with E-state index in [2.05, 4.69) is 0 Å². The Morgan fingerprint density at radius 3 is 2.12 bits per heavy atom. The number of carbonyl (C=O) groups excluding carboxylic acids is 2. The Balaban J connectivity index is 0.00000182. The molecule has 2 amide bonds. The minimum atomic E-state index is 0. The number of nitrogens with two attached hydrogens (primary N) is 1. The highest BCUT2D eigenvalue weighted by molar-refractivity contribution is 5.85. The molecule has 0 aromatic heterocycles. The lowest BCUT2D eigenvalue weighted by Gasteiger charge is -2.37. The first kappa shape index (κ1) is 19.0. The maximum Gasteiger partial charge on any atom is 0.227 e. The molecule has 2 aliphatic heterocycles. The maximum atomic E-state index is 12.9. The highest BCUT2D eigenvalue weighted by Crippen LogP contribution is 2.48. The zero-order chi connectivity index (χ0) is 16.7. The average molecular weight is 370 g/mol. The fourth-order valence-corrected chi connectivity index (χ4v) is 5.61. The topological polar surface area (TPSA) is 66.6 Å². The molecule has 2 saturated carbocycles. The minimum Gasteiger partial charge on any atom is -0.343 e. The van der Waals surface area contributed by atoms with Crippen molar-refractivity contribution in [2.24, 2.45) is 29.4 Å². The molecule has 25 heavy (non-hydrogen) atoms. The van der Waals surface area contributed by atoms with Crippen molar-refractivity contribution >= 4 is 24.2 Å². The summed E-state index contributed by atoms with van der Waals surface area (Å²) in [5.74, 6) is 2.28. The summed E-state index contributed by atoms with van der Waals surface area (Å²) in [4.78, 5) is 29.3. The van der Waals surface area contributed by atoms with Gasteiger partial charge >= 0.3 is 0 Å². The van der Waals surface area contributed by atoms with Gasteiger partial charge in [-0.15, -0.1) is 12.4 Å². The fraction of sp³-hybridized carbons (Fsp3) is 0.895. The molecule has 2 heterocycles. The number of fused-ring (bicyclic) bond motifs is 2. The number of hydrogen-bond acceptors (Lipinski definition) is 3. The second kappa shape index (κ2) is 7.83. The normalized spacial score (nSPS) is 35.1. The molecule has 4 rings (SSSR count). The Morgan fingerprint density at radius 2 is 1.52 bits per heavy atom. The van der Waals surface area contributed by atoms with Crippen molar-refractivity contribution in [3.63, 3.8) is 0 Å². The van der Waals surface area contributed by atoms with Crippen molar-refractivity contribution in [1.82, 2.24) is 9.80 Å². The van der Waals surface area contributed by atoms with Crippen LogP contribution in [0.2, 0.25) is 0 Å². The molecular formula is C19H32ClN3O2. The quantitative estimate of drug-likeness (QED) is 0.827. The van der Waals surface area contributed by atoms with Gasteiger partial charge in [0, 0.05) is 38.6 Å². The molecule has 4 unspecified atom stereocenters. The second-order valence-corrected chi connectivity index (χ2v) is 8.50. The van der Waals surface area contributed by atoms with E-state index in [1.165, 1.54) is 19.3 Å². The van der Waals surface area contributed by atoms with Gasteiger partial charge in [0.15, 0.2) is 0 Å². The largest absolute Gasteiger partial charge is 0.343 e. The molecule has 4 aliphatic rings. The monoisotopic (exact) mass is 369 g/mol. The molecule has 4 fully saturated rings. The van der Waals surface area contributed by atoms with Crippen LogP contribution >= 0.6 is 12.4 Å². The highest BCUT2D eigenvalue weighted by Gasteiger charge is 2.50. The smallest absolute Gasteiger partial charge is 0.227 e. The molecule has 0 spiro atoms. The predicted octanol–water partition coefficient (Wildman–Crippen LogP) is 2.03. The van der Waals surface area contributed by atoms with Gasteiger partial charge in [-0.3, -0.25) is 9.59 Å². The van der Waals surface area contributed by atoms with Gasteiger partial charge in [0.1, 0.15) is 0 Å². The van der Waals surface area contributed by atoms with E-state index in [1.807, 2.05) is 9.80 Å². The van der Waals surface area contributed by atoms with Crippen LogP contribution in [0.1, 0.15) is 51.4 Å². The lowest BCUT2D eigenvalue weighted by molar-refractivity contribution is -0.139. The molecule has 0 radical (unpaired) electrons. The van der Waals surface area contributed by atoms with Crippen LogP contribution in [0.5, 0.6) is 0 Å². The van der Waals surface area contributed by atoms with E-state index in [9.17, 15) is 9.59 Å². The van der Waals surface area contributed by atoms with Gasteiger partial charge in [0.05, 0.1) is 5.92 Å². The standard InChI is InChI=1S/C19H31N3O2.ClH/c20-18-15-4-3-14(12-15)17(18)19(24)22-9-5-13(6-10-22)11-16(23)21-7-1-2-8-21;/h13-15,17-18H,1-12,20H2;1H. The van der Waals surface area contributed by atoms with Gasteiger partial charge < -0.3 is 15.5 Å². The van der Waals surface area contributed by atoms with E-state index in [0.717, 1.165) is 51.9 Å². The summed E-state index contributed by atoms with van der Waals surface area (Å²) in [6, 6.07) is 0.0886. The third-order valence-corrected chi connectivity index (χ3v) is 7.11. The van der Waals surface area contributed by atoms with E-state index >= 15 is 0 Å². The van der Waals surface area contributed by atoms with Gasteiger partial charge in [-0.05, 0) is 62.7 Å². The molecule has 5 nitrogen and oxygen atoms in total. The lowest BCUT2D eigenvalue weighted by Crippen LogP contribution is -2.49. The summed E-state index contributed by atoms with van der Waals surface area (Å²) in [7, 11) is 0. The van der Waals surface area contributed by atoms with Crippen LogP contribution in [0.15, 0.2) is 0 Å². The number of hydrogen-bond donors (Lipinski definition) is 1. The number of halogens is 1. The zero-order valence-corrected chi connectivity index (χ0v) is 15.9. The summed E-state index contributed by atoms with van der Waals surface area (Å²) >= 11 is 0. The van der Waals surface area contributed by atoms with Crippen molar-refractivity contribution in [3.05, 3.63) is 0 Å². The Hall–Kier alpha value is -0.810.